The molecule has 0 saturated carbocycles. The number of likely N-dealkylation sites (tertiary alicyclic amines) is 1. The van der Waals surface area contributed by atoms with Crippen molar-refractivity contribution < 1.29 is 14.6 Å². The van der Waals surface area contributed by atoms with Gasteiger partial charge >= 0.3 is 0 Å². The van der Waals surface area contributed by atoms with E-state index in [-0.39, 0.29) is 0 Å². The van der Waals surface area contributed by atoms with Crippen LogP contribution in [0.15, 0.2) is 67.3 Å². The number of nitrogens with zero attached hydrogens (tertiary/aromatic N) is 3. The highest BCUT2D eigenvalue weighted by Gasteiger charge is 2.33. The Morgan fingerprint density at radius 2 is 1.84 bits per heavy atom. The number of hydrogen-bond donors (Lipinski definition) is 1. The van der Waals surface area contributed by atoms with E-state index >= 15 is 0 Å². The number of hydrogen-bond acceptors (Lipinski definition) is 5. The minimum absolute atomic E-state index is 0.340. The summed E-state index contributed by atoms with van der Waals surface area (Å²) in [4.78, 5) is 6.44. The van der Waals surface area contributed by atoms with Crippen LogP contribution >= 0.6 is 0 Å². The van der Waals surface area contributed by atoms with Gasteiger partial charge in [-0.3, -0.25) is 4.90 Å². The normalized spacial score (nSPS) is 16.1. The minimum atomic E-state index is -0.762. The van der Waals surface area contributed by atoms with Gasteiger partial charge in [-0.1, -0.05) is 29.8 Å². The van der Waals surface area contributed by atoms with Crippen LogP contribution in [0.4, 0.5) is 0 Å². The summed E-state index contributed by atoms with van der Waals surface area (Å²) in [5.74, 6) is 1.72. The summed E-state index contributed by atoms with van der Waals surface area (Å²) in [5.41, 5.74) is 1.67. The second kappa shape index (κ2) is 10.7. The van der Waals surface area contributed by atoms with Crippen LogP contribution in [0.3, 0.4) is 0 Å². The molecule has 0 amide bonds. The van der Waals surface area contributed by atoms with Crippen molar-refractivity contribution in [1.29, 1.82) is 0 Å². The Kier molecular flexibility index (Phi) is 7.45. The van der Waals surface area contributed by atoms with Crippen LogP contribution < -0.4 is 9.47 Å². The quantitative estimate of drug-likeness (QED) is 0.487. The smallest absolute Gasteiger partial charge is 0.119 e. The molecule has 1 fully saturated rings. The first-order chi connectivity index (χ1) is 15.6. The molecule has 1 aromatic heterocycles. The van der Waals surface area contributed by atoms with Crippen LogP contribution in [0.25, 0.3) is 0 Å². The summed E-state index contributed by atoms with van der Waals surface area (Å²) in [7, 11) is 0. The van der Waals surface area contributed by atoms with Gasteiger partial charge < -0.3 is 19.1 Å². The third kappa shape index (κ3) is 6.58. The molecule has 0 unspecified atom stereocenters. The van der Waals surface area contributed by atoms with Crippen molar-refractivity contribution in [2.45, 2.75) is 44.9 Å². The first kappa shape index (κ1) is 22.4. The van der Waals surface area contributed by atoms with Gasteiger partial charge in [0.15, 0.2) is 0 Å². The lowest BCUT2D eigenvalue weighted by Crippen LogP contribution is -2.47. The fourth-order valence-corrected chi connectivity index (χ4v) is 3.97. The van der Waals surface area contributed by atoms with Gasteiger partial charge in [-0.2, -0.15) is 0 Å². The van der Waals surface area contributed by atoms with E-state index < -0.39 is 5.60 Å². The van der Waals surface area contributed by atoms with Gasteiger partial charge in [0.1, 0.15) is 23.7 Å². The Labute approximate surface area is 190 Å². The van der Waals surface area contributed by atoms with E-state index in [4.69, 9.17) is 9.47 Å². The number of ether oxygens (including phenoxy) is 2. The Morgan fingerprint density at radius 3 is 2.59 bits per heavy atom. The lowest BCUT2D eigenvalue weighted by atomic mass is 9.92. The Hall–Kier alpha value is -2.83. The molecule has 2 aromatic carbocycles. The highest BCUT2D eigenvalue weighted by atomic mass is 16.5. The second-order valence-electron chi connectivity index (χ2n) is 8.75. The molecule has 1 saturated heterocycles. The van der Waals surface area contributed by atoms with Crippen LogP contribution in [-0.4, -0.2) is 51.5 Å². The van der Waals surface area contributed by atoms with E-state index in [2.05, 4.69) is 39.6 Å². The molecule has 32 heavy (non-hydrogen) atoms. The molecule has 0 spiro atoms. The van der Waals surface area contributed by atoms with Gasteiger partial charge in [0.05, 0.1) is 12.9 Å². The molecular weight excluding hydrogens is 402 g/mol. The van der Waals surface area contributed by atoms with Crippen molar-refractivity contribution in [1.82, 2.24) is 14.5 Å². The summed E-state index contributed by atoms with van der Waals surface area (Å²) >= 11 is 0. The molecule has 0 bridgehead atoms. The third-order valence-corrected chi connectivity index (χ3v) is 6.01. The van der Waals surface area contributed by atoms with Crippen molar-refractivity contribution in [3.05, 3.63) is 78.4 Å². The zero-order valence-electron chi connectivity index (χ0n) is 18.8. The number of imidazole rings is 1. The fraction of sp³-hybridized carbons (Fsp3) is 0.423. The second-order valence-corrected chi connectivity index (χ2v) is 8.75. The first-order valence-electron chi connectivity index (χ1n) is 11.4. The molecular formula is C26H33N3O3. The average Bonchev–Trinajstić information content (AvgIpc) is 3.32. The molecule has 0 radical (unpaired) electrons. The summed E-state index contributed by atoms with van der Waals surface area (Å²) in [5, 5.41) is 10.9. The maximum atomic E-state index is 10.9. The van der Waals surface area contributed by atoms with Crippen LogP contribution in [0, 0.1) is 6.92 Å². The van der Waals surface area contributed by atoms with E-state index in [9.17, 15) is 5.11 Å². The number of aliphatic hydroxyl groups is 1. The SMILES string of the molecule is Cc1ccc(OCC2(O)CCN(Cc3cccc(OCCCn4ccnc4)c3)CC2)cc1. The molecule has 0 aliphatic carbocycles. The predicted molar refractivity (Wildman–Crippen MR) is 125 cm³/mol. The number of piperidine rings is 1. The van der Waals surface area contributed by atoms with Crippen LogP contribution in [0.1, 0.15) is 30.4 Å². The molecule has 1 aliphatic rings. The maximum absolute atomic E-state index is 10.9. The number of benzene rings is 2. The number of aromatic nitrogens is 2. The van der Waals surface area contributed by atoms with Gasteiger partial charge in [0, 0.05) is 38.6 Å². The number of rotatable bonds is 10. The topological polar surface area (TPSA) is 59.8 Å². The largest absolute Gasteiger partial charge is 0.494 e. The van der Waals surface area contributed by atoms with Crippen molar-refractivity contribution in [3.63, 3.8) is 0 Å². The molecule has 6 nitrogen and oxygen atoms in total. The molecule has 0 atom stereocenters. The maximum Gasteiger partial charge on any atom is 0.119 e. The van der Waals surface area contributed by atoms with Gasteiger partial charge in [-0.05, 0) is 56.0 Å². The molecule has 170 valence electrons. The van der Waals surface area contributed by atoms with Crippen molar-refractivity contribution in [3.8, 4) is 11.5 Å². The Morgan fingerprint density at radius 1 is 1.03 bits per heavy atom. The zero-order valence-corrected chi connectivity index (χ0v) is 18.8. The zero-order chi connectivity index (χ0) is 22.2. The van der Waals surface area contributed by atoms with E-state index in [1.54, 1.807) is 6.20 Å². The third-order valence-electron chi connectivity index (χ3n) is 6.01. The molecule has 1 aliphatic heterocycles. The lowest BCUT2D eigenvalue weighted by Gasteiger charge is -2.38. The molecule has 4 rings (SSSR count). The average molecular weight is 436 g/mol. The molecule has 2 heterocycles. The number of aryl methyl sites for hydroxylation is 2. The van der Waals surface area contributed by atoms with Crippen molar-refractivity contribution in [2.24, 2.45) is 0 Å². The first-order valence-corrected chi connectivity index (χ1v) is 11.4. The van der Waals surface area contributed by atoms with E-state index in [1.165, 1.54) is 11.1 Å². The van der Waals surface area contributed by atoms with E-state index in [0.717, 1.165) is 44.1 Å². The van der Waals surface area contributed by atoms with Crippen molar-refractivity contribution in [2.75, 3.05) is 26.3 Å². The van der Waals surface area contributed by atoms with Crippen molar-refractivity contribution >= 4 is 0 Å². The lowest BCUT2D eigenvalue weighted by molar-refractivity contribution is -0.0537. The minimum Gasteiger partial charge on any atom is -0.494 e. The summed E-state index contributed by atoms with van der Waals surface area (Å²) in [6.07, 6.45) is 7.95. The van der Waals surface area contributed by atoms with Gasteiger partial charge in [0.25, 0.3) is 0 Å². The van der Waals surface area contributed by atoms with Crippen LogP contribution in [0.5, 0.6) is 11.5 Å². The Bertz CT molecular complexity index is 949. The van der Waals surface area contributed by atoms with E-state index in [0.29, 0.717) is 26.1 Å². The standard InChI is InChI=1S/C26H33N3O3/c1-22-6-8-24(9-7-22)32-20-26(30)10-14-28(15-11-26)19-23-4-2-5-25(18-23)31-17-3-13-29-16-12-27-21-29/h2,4-9,12,16,18,21,30H,3,10-11,13-15,17,19-20H2,1H3. The molecule has 1 N–H and O–H groups in total. The Balaban J connectivity index is 1.19. The van der Waals surface area contributed by atoms with Gasteiger partial charge in [0.2, 0.25) is 0 Å². The molecule has 3 aromatic rings. The summed E-state index contributed by atoms with van der Waals surface area (Å²) in [6, 6.07) is 16.3. The van der Waals surface area contributed by atoms with Crippen LogP contribution in [-0.2, 0) is 13.1 Å². The van der Waals surface area contributed by atoms with Crippen LogP contribution in [0.2, 0.25) is 0 Å². The fourth-order valence-electron chi connectivity index (χ4n) is 3.97. The summed E-state index contributed by atoms with van der Waals surface area (Å²) < 4.78 is 13.9. The summed E-state index contributed by atoms with van der Waals surface area (Å²) in [6.45, 7) is 6.54. The predicted octanol–water partition coefficient (Wildman–Crippen LogP) is 4.07. The molecule has 6 heteroatoms. The highest BCUT2D eigenvalue weighted by molar-refractivity contribution is 5.28. The monoisotopic (exact) mass is 435 g/mol. The van der Waals surface area contributed by atoms with E-state index in [1.807, 2.05) is 42.9 Å². The van der Waals surface area contributed by atoms with Gasteiger partial charge in [-0.15, -0.1) is 0 Å². The highest BCUT2D eigenvalue weighted by Crippen LogP contribution is 2.25. The van der Waals surface area contributed by atoms with Gasteiger partial charge in [-0.25, -0.2) is 4.98 Å².